The molecule has 0 saturated heterocycles. The van der Waals surface area contributed by atoms with E-state index in [2.05, 4.69) is 13.8 Å². The molecule has 0 aliphatic heterocycles. The smallest absolute Gasteiger partial charge is 0.434 e. The van der Waals surface area contributed by atoms with Crippen LogP contribution in [0.25, 0.3) is 21.5 Å². The Bertz CT molecular complexity index is 1150. The predicted octanol–water partition coefficient (Wildman–Crippen LogP) is 8.02. The average molecular weight is 467 g/mol. The van der Waals surface area contributed by atoms with Crippen LogP contribution in [-0.2, 0) is 9.47 Å². The molecule has 0 N–H and O–H groups in total. The minimum Gasteiger partial charge on any atom is -0.434 e. The Kier molecular flexibility index (Phi) is 9.14. The fourth-order valence-corrected chi connectivity index (χ4v) is 3.94. The summed E-state index contributed by atoms with van der Waals surface area (Å²) in [6, 6.07) is 11.4. The second kappa shape index (κ2) is 12.3. The van der Waals surface area contributed by atoms with Crippen LogP contribution in [0.15, 0.2) is 36.4 Å². The van der Waals surface area contributed by atoms with E-state index in [-0.39, 0.29) is 0 Å². The van der Waals surface area contributed by atoms with Gasteiger partial charge >= 0.3 is 12.3 Å². The van der Waals surface area contributed by atoms with Crippen molar-refractivity contribution < 1.29 is 28.5 Å². The molecule has 0 aliphatic rings. The number of fused-ring (bicyclic) bond motifs is 2. The third-order valence-electron chi connectivity index (χ3n) is 5.72. The monoisotopic (exact) mass is 466 g/mol. The van der Waals surface area contributed by atoms with Gasteiger partial charge in [-0.25, -0.2) is 9.59 Å². The van der Waals surface area contributed by atoms with E-state index in [9.17, 15) is 9.59 Å². The van der Waals surface area contributed by atoms with Gasteiger partial charge in [-0.1, -0.05) is 75.4 Å². The summed E-state index contributed by atoms with van der Waals surface area (Å²) in [5, 5.41) is 2.68. The Labute approximate surface area is 201 Å². The largest absolute Gasteiger partial charge is 0.513 e. The first-order valence-corrected chi connectivity index (χ1v) is 12.1. The number of rotatable bonds is 10. The number of hydrogen-bond donors (Lipinski definition) is 0. The van der Waals surface area contributed by atoms with Crippen LogP contribution >= 0.6 is 0 Å². The lowest BCUT2D eigenvalue weighted by Gasteiger charge is -2.18. The minimum absolute atomic E-state index is 0.311. The predicted molar refractivity (Wildman–Crippen MR) is 134 cm³/mol. The topological polar surface area (TPSA) is 71.1 Å². The van der Waals surface area contributed by atoms with Crippen LogP contribution in [0.4, 0.5) is 9.59 Å². The molecule has 34 heavy (non-hydrogen) atoms. The average Bonchev–Trinajstić information content (AvgIpc) is 2.81. The first kappa shape index (κ1) is 25.3. The van der Waals surface area contributed by atoms with Gasteiger partial charge in [0.1, 0.15) is 5.75 Å². The van der Waals surface area contributed by atoms with E-state index in [1.54, 1.807) is 0 Å². The second-order valence-corrected chi connectivity index (χ2v) is 8.52. The number of carbonyl (C=O) groups excluding carboxylic acids is 2. The zero-order valence-corrected chi connectivity index (χ0v) is 20.6. The van der Waals surface area contributed by atoms with Crippen molar-refractivity contribution in [2.24, 2.45) is 0 Å². The summed E-state index contributed by atoms with van der Waals surface area (Å²) in [5.41, 5.74) is 1.86. The molecule has 3 aromatic rings. The Morgan fingerprint density at radius 1 is 0.706 bits per heavy atom. The fourth-order valence-electron chi connectivity index (χ4n) is 3.94. The molecule has 0 aromatic heterocycles. The molecular weight excluding hydrogens is 432 g/mol. The molecule has 3 rings (SSSR count). The SMILES string of the molecule is CCCCCOC(=O)Oc1c2cc(C)ccc2c(OC(=O)OCCCCC)c2c(C)cccc12. The van der Waals surface area contributed by atoms with Crippen molar-refractivity contribution in [2.45, 2.75) is 66.2 Å². The minimum atomic E-state index is -0.745. The molecule has 6 nitrogen and oxygen atoms in total. The molecule has 0 atom stereocenters. The number of carbonyl (C=O) groups is 2. The maximum atomic E-state index is 12.5. The Balaban J connectivity index is 2.03. The number of hydrogen-bond acceptors (Lipinski definition) is 6. The van der Waals surface area contributed by atoms with Crippen LogP contribution in [0, 0.1) is 13.8 Å². The van der Waals surface area contributed by atoms with E-state index in [0.29, 0.717) is 46.3 Å². The summed E-state index contributed by atoms with van der Waals surface area (Å²) in [5.74, 6) is 0.786. The molecule has 0 heterocycles. The highest BCUT2D eigenvalue weighted by Gasteiger charge is 2.22. The van der Waals surface area contributed by atoms with Crippen molar-refractivity contribution in [1.29, 1.82) is 0 Å². The molecule has 0 aliphatic carbocycles. The molecular formula is C28H34O6. The molecule has 0 saturated carbocycles. The van der Waals surface area contributed by atoms with Crippen molar-refractivity contribution in [3.63, 3.8) is 0 Å². The molecule has 0 bridgehead atoms. The van der Waals surface area contributed by atoms with Gasteiger partial charge in [-0.15, -0.1) is 0 Å². The summed E-state index contributed by atoms with van der Waals surface area (Å²) < 4.78 is 22.1. The molecule has 3 aromatic carbocycles. The number of benzene rings is 3. The molecule has 0 amide bonds. The normalized spacial score (nSPS) is 10.9. The zero-order valence-electron chi connectivity index (χ0n) is 20.6. The summed E-state index contributed by atoms with van der Waals surface area (Å²) in [7, 11) is 0. The van der Waals surface area contributed by atoms with Crippen LogP contribution in [0.1, 0.15) is 63.5 Å². The maximum Gasteiger partial charge on any atom is 0.513 e. The van der Waals surface area contributed by atoms with E-state index >= 15 is 0 Å². The van der Waals surface area contributed by atoms with Crippen LogP contribution in [0.3, 0.4) is 0 Å². The Morgan fingerprint density at radius 3 is 1.94 bits per heavy atom. The van der Waals surface area contributed by atoms with E-state index in [1.807, 2.05) is 50.2 Å². The van der Waals surface area contributed by atoms with Crippen molar-refractivity contribution >= 4 is 33.9 Å². The van der Waals surface area contributed by atoms with E-state index < -0.39 is 12.3 Å². The van der Waals surface area contributed by atoms with Crippen molar-refractivity contribution in [3.8, 4) is 11.5 Å². The van der Waals surface area contributed by atoms with Gasteiger partial charge in [-0.05, 0) is 38.3 Å². The third kappa shape index (κ3) is 6.19. The van der Waals surface area contributed by atoms with Gasteiger partial charge in [-0.3, -0.25) is 0 Å². The lowest BCUT2D eigenvalue weighted by atomic mass is 9.96. The van der Waals surface area contributed by atoms with E-state index in [1.165, 1.54) is 0 Å². The van der Waals surface area contributed by atoms with Gasteiger partial charge in [0.05, 0.1) is 13.2 Å². The maximum absolute atomic E-state index is 12.5. The summed E-state index contributed by atoms with van der Waals surface area (Å²) in [6.07, 6.45) is 4.13. The molecule has 0 unspecified atom stereocenters. The fraction of sp³-hybridized carbons (Fsp3) is 0.429. The Morgan fingerprint density at radius 2 is 1.32 bits per heavy atom. The summed E-state index contributed by atoms with van der Waals surface area (Å²) in [4.78, 5) is 25.0. The highest BCUT2D eigenvalue weighted by molar-refractivity contribution is 6.13. The molecule has 182 valence electrons. The van der Waals surface area contributed by atoms with Gasteiger partial charge < -0.3 is 18.9 Å². The lowest BCUT2D eigenvalue weighted by molar-refractivity contribution is 0.0966. The standard InChI is InChI=1S/C28H34O6/c1-5-7-9-16-31-27(29)33-25-22-13-11-12-20(4)24(22)26(21-15-14-19(3)18-23(21)25)34-28(30)32-17-10-8-6-2/h11-15,18H,5-10,16-17H2,1-4H3. The third-order valence-corrected chi connectivity index (χ3v) is 5.72. The van der Waals surface area contributed by atoms with Crippen molar-refractivity contribution in [2.75, 3.05) is 13.2 Å². The summed E-state index contributed by atoms with van der Waals surface area (Å²) >= 11 is 0. The number of ether oxygens (including phenoxy) is 4. The van der Waals surface area contributed by atoms with Crippen LogP contribution in [-0.4, -0.2) is 25.5 Å². The first-order valence-electron chi connectivity index (χ1n) is 12.1. The van der Waals surface area contributed by atoms with Gasteiger partial charge in [-0.2, -0.15) is 0 Å². The van der Waals surface area contributed by atoms with Gasteiger partial charge in [0.25, 0.3) is 0 Å². The number of unbranched alkanes of at least 4 members (excludes halogenated alkanes) is 4. The van der Waals surface area contributed by atoms with Gasteiger partial charge in [0.2, 0.25) is 0 Å². The van der Waals surface area contributed by atoms with Crippen LogP contribution in [0.5, 0.6) is 11.5 Å². The zero-order chi connectivity index (χ0) is 24.5. The summed E-state index contributed by atoms with van der Waals surface area (Å²) in [6.45, 7) is 8.68. The highest BCUT2D eigenvalue weighted by atomic mass is 16.7. The lowest BCUT2D eigenvalue weighted by Crippen LogP contribution is -2.14. The molecule has 0 spiro atoms. The van der Waals surface area contributed by atoms with E-state index in [0.717, 1.165) is 49.7 Å². The molecule has 6 heteroatoms. The number of aryl methyl sites for hydroxylation is 2. The second-order valence-electron chi connectivity index (χ2n) is 8.52. The molecule has 0 fully saturated rings. The van der Waals surface area contributed by atoms with Gasteiger partial charge in [0.15, 0.2) is 5.75 Å². The Hall–Kier alpha value is -3.28. The first-order chi connectivity index (χ1) is 16.5. The van der Waals surface area contributed by atoms with E-state index in [4.69, 9.17) is 18.9 Å². The van der Waals surface area contributed by atoms with Crippen LogP contribution in [0.2, 0.25) is 0 Å². The van der Waals surface area contributed by atoms with Crippen LogP contribution < -0.4 is 9.47 Å². The van der Waals surface area contributed by atoms with Gasteiger partial charge in [0, 0.05) is 21.5 Å². The quantitative estimate of drug-likeness (QED) is 0.130. The van der Waals surface area contributed by atoms with Crippen molar-refractivity contribution in [1.82, 2.24) is 0 Å². The molecule has 0 radical (unpaired) electrons. The van der Waals surface area contributed by atoms with Crippen molar-refractivity contribution in [3.05, 3.63) is 47.5 Å². The highest BCUT2D eigenvalue weighted by Crippen LogP contribution is 2.44.